The Labute approximate surface area is 104 Å². The lowest BCUT2D eigenvalue weighted by Gasteiger charge is -2.06. The van der Waals surface area contributed by atoms with Crippen molar-refractivity contribution in [1.82, 2.24) is 14.8 Å². The van der Waals surface area contributed by atoms with Crippen LogP contribution in [0.15, 0.2) is 24.5 Å². The summed E-state index contributed by atoms with van der Waals surface area (Å²) in [6.07, 6.45) is -2.44. The molecule has 0 fully saturated rings. The molecule has 0 amide bonds. The molecular formula is C10H7F3N4O2. The highest BCUT2D eigenvalue weighted by Gasteiger charge is 2.32. The van der Waals surface area contributed by atoms with E-state index in [-0.39, 0.29) is 17.1 Å². The Morgan fingerprint density at radius 3 is 2.47 bits per heavy atom. The molecule has 0 bridgehead atoms. The number of halogens is 3. The highest BCUT2D eigenvalue weighted by Crippen LogP contribution is 2.27. The summed E-state index contributed by atoms with van der Waals surface area (Å²) in [7, 11) is 0. The summed E-state index contributed by atoms with van der Waals surface area (Å²) in [6, 6.07) is 1.93. The number of rotatable bonds is 2. The molecule has 0 unspecified atom stereocenters. The zero-order valence-electron chi connectivity index (χ0n) is 9.55. The van der Waals surface area contributed by atoms with Gasteiger partial charge in [0.05, 0.1) is 16.8 Å². The summed E-state index contributed by atoms with van der Waals surface area (Å²) in [5.41, 5.74) is -0.858. The predicted molar refractivity (Wildman–Crippen MR) is 57.8 cm³/mol. The molecule has 0 N–H and O–H groups in total. The summed E-state index contributed by atoms with van der Waals surface area (Å²) in [4.78, 5) is 13.3. The van der Waals surface area contributed by atoms with Crippen LogP contribution < -0.4 is 0 Å². The third-order valence-electron chi connectivity index (χ3n) is 2.37. The van der Waals surface area contributed by atoms with Gasteiger partial charge < -0.3 is 0 Å². The Bertz CT molecular complexity index is 619. The summed E-state index contributed by atoms with van der Waals surface area (Å²) in [6.45, 7) is 1.44. The number of hydrogen-bond acceptors (Lipinski definition) is 4. The molecule has 0 aromatic carbocycles. The van der Waals surface area contributed by atoms with Crippen molar-refractivity contribution in [3.05, 3.63) is 46.0 Å². The molecule has 2 heterocycles. The molecule has 0 saturated heterocycles. The van der Waals surface area contributed by atoms with Crippen molar-refractivity contribution in [1.29, 1.82) is 0 Å². The Morgan fingerprint density at radius 2 is 2.05 bits per heavy atom. The third-order valence-corrected chi connectivity index (χ3v) is 2.37. The average Bonchev–Trinajstić information content (AvgIpc) is 2.70. The second-order valence-electron chi connectivity index (χ2n) is 3.70. The molecule has 0 atom stereocenters. The molecule has 2 rings (SSSR count). The van der Waals surface area contributed by atoms with E-state index in [1.165, 1.54) is 6.92 Å². The van der Waals surface area contributed by atoms with Crippen LogP contribution in [0.1, 0.15) is 11.4 Å². The molecule has 9 heteroatoms. The minimum atomic E-state index is -4.52. The monoisotopic (exact) mass is 272 g/mol. The van der Waals surface area contributed by atoms with Crippen molar-refractivity contribution < 1.29 is 18.1 Å². The smallest absolute Gasteiger partial charge is 0.258 e. The van der Waals surface area contributed by atoms with Gasteiger partial charge in [-0.15, -0.1) is 0 Å². The molecule has 0 aliphatic carbocycles. The van der Waals surface area contributed by atoms with E-state index in [0.29, 0.717) is 0 Å². The summed E-state index contributed by atoms with van der Waals surface area (Å²) in [5, 5.41) is 14.5. The maximum atomic E-state index is 12.3. The highest BCUT2D eigenvalue weighted by atomic mass is 19.4. The first-order valence-electron chi connectivity index (χ1n) is 5.03. The van der Waals surface area contributed by atoms with Crippen LogP contribution in [0.2, 0.25) is 0 Å². The van der Waals surface area contributed by atoms with Gasteiger partial charge in [0.1, 0.15) is 17.6 Å². The molecule has 100 valence electrons. The van der Waals surface area contributed by atoms with Gasteiger partial charge in [-0.1, -0.05) is 0 Å². The number of alkyl halides is 3. The van der Waals surface area contributed by atoms with Crippen LogP contribution in [-0.2, 0) is 6.18 Å². The lowest BCUT2D eigenvalue weighted by Crippen LogP contribution is -2.08. The van der Waals surface area contributed by atoms with Gasteiger partial charge in [0.2, 0.25) is 0 Å². The minimum absolute atomic E-state index is 0.171. The molecule has 0 radical (unpaired) electrons. The van der Waals surface area contributed by atoms with Crippen LogP contribution in [0.4, 0.5) is 18.9 Å². The Balaban J connectivity index is 2.38. The van der Waals surface area contributed by atoms with Crippen molar-refractivity contribution in [2.75, 3.05) is 0 Å². The first kappa shape index (κ1) is 13.0. The van der Waals surface area contributed by atoms with Gasteiger partial charge in [0.15, 0.2) is 0 Å². The highest BCUT2D eigenvalue weighted by molar-refractivity contribution is 5.37. The van der Waals surface area contributed by atoms with E-state index in [1.54, 1.807) is 0 Å². The van der Waals surface area contributed by atoms with E-state index >= 15 is 0 Å². The number of aromatic nitrogens is 3. The van der Waals surface area contributed by atoms with Crippen molar-refractivity contribution in [2.45, 2.75) is 13.1 Å². The van der Waals surface area contributed by atoms with E-state index in [4.69, 9.17) is 0 Å². The van der Waals surface area contributed by atoms with Crippen LogP contribution in [0.25, 0.3) is 5.69 Å². The summed E-state index contributed by atoms with van der Waals surface area (Å²) < 4.78 is 38.1. The molecule has 0 spiro atoms. The normalized spacial score (nSPS) is 11.6. The van der Waals surface area contributed by atoms with Crippen molar-refractivity contribution in [2.24, 2.45) is 0 Å². The molecular weight excluding hydrogens is 265 g/mol. The Morgan fingerprint density at radius 1 is 1.37 bits per heavy atom. The number of hydrogen-bond donors (Lipinski definition) is 0. The number of nitro groups is 1. The van der Waals surface area contributed by atoms with E-state index in [9.17, 15) is 23.3 Å². The Kier molecular flexibility index (Phi) is 2.97. The van der Waals surface area contributed by atoms with E-state index < -0.39 is 16.8 Å². The van der Waals surface area contributed by atoms with Crippen molar-refractivity contribution in [3.63, 3.8) is 0 Å². The van der Waals surface area contributed by atoms with Crippen LogP contribution in [-0.4, -0.2) is 19.7 Å². The zero-order chi connectivity index (χ0) is 14.2. The molecule has 2 aromatic rings. The largest absolute Gasteiger partial charge is 0.433 e. The zero-order valence-corrected chi connectivity index (χ0v) is 9.55. The van der Waals surface area contributed by atoms with Gasteiger partial charge in [-0.25, -0.2) is 9.67 Å². The Hall–Kier alpha value is -2.45. The summed E-state index contributed by atoms with van der Waals surface area (Å²) >= 11 is 0. The lowest BCUT2D eigenvalue weighted by atomic mass is 10.3. The van der Waals surface area contributed by atoms with Crippen molar-refractivity contribution in [3.8, 4) is 5.69 Å². The average molecular weight is 272 g/mol. The quantitative estimate of drug-likeness (QED) is 0.621. The van der Waals surface area contributed by atoms with Gasteiger partial charge in [0, 0.05) is 0 Å². The molecule has 19 heavy (non-hydrogen) atoms. The molecule has 0 aliphatic rings. The van der Waals surface area contributed by atoms with E-state index in [1.807, 2.05) is 0 Å². The van der Waals surface area contributed by atoms with Crippen LogP contribution in [0.5, 0.6) is 0 Å². The minimum Gasteiger partial charge on any atom is -0.258 e. The topological polar surface area (TPSA) is 73.8 Å². The van der Waals surface area contributed by atoms with E-state index in [2.05, 4.69) is 10.1 Å². The van der Waals surface area contributed by atoms with Crippen molar-refractivity contribution >= 4 is 5.69 Å². The molecule has 6 nitrogen and oxygen atoms in total. The predicted octanol–water partition coefficient (Wildman–Crippen LogP) is 2.50. The van der Waals surface area contributed by atoms with Crippen LogP contribution in [0, 0.1) is 17.0 Å². The van der Waals surface area contributed by atoms with Gasteiger partial charge in [-0.05, 0) is 19.1 Å². The fourth-order valence-corrected chi connectivity index (χ4v) is 1.45. The lowest BCUT2D eigenvalue weighted by molar-refractivity contribution is -0.385. The SMILES string of the molecule is Cc1nn(-c2ccc(C(F)(F)F)nc2)cc1[N+](=O)[O-]. The molecule has 0 aliphatic heterocycles. The van der Waals surface area contributed by atoms with Gasteiger partial charge in [0.25, 0.3) is 0 Å². The second kappa shape index (κ2) is 4.34. The van der Waals surface area contributed by atoms with Crippen LogP contribution >= 0.6 is 0 Å². The fraction of sp³-hybridized carbons (Fsp3) is 0.200. The van der Waals surface area contributed by atoms with Gasteiger partial charge in [-0.2, -0.15) is 18.3 Å². The molecule has 0 saturated carbocycles. The molecule has 2 aromatic heterocycles. The van der Waals surface area contributed by atoms with Crippen LogP contribution in [0.3, 0.4) is 0 Å². The number of nitrogens with zero attached hydrogens (tertiary/aromatic N) is 4. The second-order valence-corrected chi connectivity index (χ2v) is 3.70. The van der Waals surface area contributed by atoms with Gasteiger partial charge in [-0.3, -0.25) is 10.1 Å². The number of aryl methyl sites for hydroxylation is 1. The summed E-state index contributed by atoms with van der Waals surface area (Å²) in [5.74, 6) is 0. The third kappa shape index (κ3) is 2.54. The van der Waals surface area contributed by atoms with E-state index in [0.717, 1.165) is 29.2 Å². The first-order chi connectivity index (χ1) is 8.79. The number of pyridine rings is 1. The maximum Gasteiger partial charge on any atom is 0.433 e. The standard InChI is InChI=1S/C10H7F3N4O2/c1-6-8(17(18)19)5-16(15-6)7-2-3-9(14-4-7)10(11,12)13/h2-5H,1H3. The van der Waals surface area contributed by atoms with Gasteiger partial charge >= 0.3 is 11.9 Å². The first-order valence-corrected chi connectivity index (χ1v) is 5.03. The fourth-order valence-electron chi connectivity index (χ4n) is 1.45. The maximum absolute atomic E-state index is 12.3.